The Hall–Kier alpha value is -1.31. The summed E-state index contributed by atoms with van der Waals surface area (Å²) in [7, 11) is 1.60. The van der Waals surface area contributed by atoms with Crippen molar-refractivity contribution >= 4 is 17.7 Å². The molecule has 2 unspecified atom stereocenters. The van der Waals surface area contributed by atoms with Crippen molar-refractivity contribution in [3.63, 3.8) is 0 Å². The van der Waals surface area contributed by atoms with Crippen LogP contribution in [0.3, 0.4) is 0 Å². The highest BCUT2D eigenvalue weighted by molar-refractivity contribution is 7.98. The Kier molecular flexibility index (Phi) is 5.31. The summed E-state index contributed by atoms with van der Waals surface area (Å²) in [6.07, 6.45) is 5.50. The van der Waals surface area contributed by atoms with Gasteiger partial charge in [0.25, 0.3) is 0 Å². The van der Waals surface area contributed by atoms with E-state index < -0.39 is 11.5 Å². The Morgan fingerprint density at radius 1 is 1.59 bits per heavy atom. The van der Waals surface area contributed by atoms with Crippen LogP contribution >= 0.6 is 11.8 Å². The quantitative estimate of drug-likeness (QED) is 0.730. The SMILES string of the molecule is COc1c(C(CSC)C(N)(C(=O)ON)C2CC2)ccnc1C. The van der Waals surface area contributed by atoms with Gasteiger partial charge in [-0.25, -0.2) is 4.79 Å². The van der Waals surface area contributed by atoms with Gasteiger partial charge in [-0.15, -0.1) is 0 Å². The first-order chi connectivity index (χ1) is 10.5. The number of nitrogens with two attached hydrogens (primary N) is 2. The molecule has 2 atom stereocenters. The van der Waals surface area contributed by atoms with Gasteiger partial charge in [0.2, 0.25) is 0 Å². The lowest BCUT2D eigenvalue weighted by Gasteiger charge is -2.35. The second kappa shape index (κ2) is 6.85. The molecule has 6 nitrogen and oxygen atoms in total. The van der Waals surface area contributed by atoms with Crippen LogP contribution in [0.2, 0.25) is 0 Å². The molecule has 1 heterocycles. The van der Waals surface area contributed by atoms with Crippen molar-refractivity contribution in [1.29, 1.82) is 0 Å². The molecule has 0 aliphatic heterocycles. The molecule has 1 fully saturated rings. The van der Waals surface area contributed by atoms with Crippen molar-refractivity contribution in [3.05, 3.63) is 23.5 Å². The van der Waals surface area contributed by atoms with Gasteiger partial charge in [0.15, 0.2) is 0 Å². The van der Waals surface area contributed by atoms with Gasteiger partial charge in [-0.3, -0.25) is 4.98 Å². The first kappa shape index (κ1) is 17.1. The van der Waals surface area contributed by atoms with E-state index >= 15 is 0 Å². The van der Waals surface area contributed by atoms with Crippen LogP contribution in [-0.4, -0.2) is 35.6 Å². The van der Waals surface area contributed by atoms with Gasteiger partial charge in [-0.05, 0) is 38.0 Å². The minimum atomic E-state index is -1.14. The number of carbonyl (C=O) groups is 1. The molecule has 7 heteroatoms. The average Bonchev–Trinajstić information content (AvgIpc) is 3.36. The lowest BCUT2D eigenvalue weighted by Crippen LogP contribution is -2.57. The predicted molar refractivity (Wildman–Crippen MR) is 86.6 cm³/mol. The van der Waals surface area contributed by atoms with Crippen molar-refractivity contribution in [2.24, 2.45) is 17.5 Å². The predicted octanol–water partition coefficient (Wildman–Crippen LogP) is 1.37. The number of nitrogens with zero attached hydrogens (tertiary/aromatic N) is 1. The number of methoxy groups -OCH3 is 1. The molecule has 0 spiro atoms. The molecule has 1 aromatic rings. The zero-order valence-electron chi connectivity index (χ0n) is 13.2. The smallest absolute Gasteiger partial charge is 0.345 e. The molecule has 1 saturated carbocycles. The molecule has 0 amide bonds. The molecular formula is C15H23N3O3S. The van der Waals surface area contributed by atoms with Crippen LogP contribution in [0, 0.1) is 12.8 Å². The zero-order valence-corrected chi connectivity index (χ0v) is 14.0. The van der Waals surface area contributed by atoms with Crippen LogP contribution < -0.4 is 16.4 Å². The number of ether oxygens (including phenoxy) is 1. The highest BCUT2D eigenvalue weighted by Gasteiger charge is 2.55. The minimum absolute atomic E-state index is 0.0823. The fourth-order valence-electron chi connectivity index (χ4n) is 3.02. The lowest BCUT2D eigenvalue weighted by atomic mass is 9.77. The van der Waals surface area contributed by atoms with Gasteiger partial charge in [0, 0.05) is 23.4 Å². The molecule has 1 aromatic heterocycles. The molecule has 0 saturated heterocycles. The topological polar surface area (TPSA) is 100 Å². The van der Waals surface area contributed by atoms with E-state index in [-0.39, 0.29) is 11.8 Å². The van der Waals surface area contributed by atoms with Crippen LogP contribution in [0.15, 0.2) is 12.3 Å². The second-order valence-corrected chi connectivity index (χ2v) is 6.55. The van der Waals surface area contributed by atoms with Crippen molar-refractivity contribution in [3.8, 4) is 5.75 Å². The summed E-state index contributed by atoms with van der Waals surface area (Å²) in [6, 6.07) is 1.86. The number of rotatable bonds is 7. The molecular weight excluding hydrogens is 302 g/mol. The van der Waals surface area contributed by atoms with Crippen LogP contribution in [0.1, 0.15) is 30.0 Å². The highest BCUT2D eigenvalue weighted by Crippen LogP contribution is 2.48. The Labute approximate surface area is 134 Å². The van der Waals surface area contributed by atoms with E-state index in [1.165, 1.54) is 0 Å². The van der Waals surface area contributed by atoms with E-state index in [0.29, 0.717) is 11.5 Å². The van der Waals surface area contributed by atoms with Crippen molar-refractivity contribution < 1.29 is 14.4 Å². The van der Waals surface area contributed by atoms with Crippen LogP contribution in [0.4, 0.5) is 0 Å². The molecule has 1 aliphatic carbocycles. The summed E-state index contributed by atoms with van der Waals surface area (Å²) >= 11 is 1.63. The van der Waals surface area contributed by atoms with E-state index in [1.807, 2.05) is 19.2 Å². The molecule has 0 radical (unpaired) electrons. The van der Waals surface area contributed by atoms with Crippen molar-refractivity contribution in [2.45, 2.75) is 31.2 Å². The van der Waals surface area contributed by atoms with Gasteiger partial charge in [0.05, 0.1) is 12.8 Å². The largest absolute Gasteiger partial charge is 0.495 e. The van der Waals surface area contributed by atoms with Crippen LogP contribution in [0.25, 0.3) is 0 Å². The Morgan fingerprint density at radius 2 is 2.27 bits per heavy atom. The number of pyridine rings is 1. The summed E-state index contributed by atoms with van der Waals surface area (Å²) in [5.41, 5.74) is 7.06. The summed E-state index contributed by atoms with van der Waals surface area (Å²) in [6.45, 7) is 1.87. The number of hydrogen-bond donors (Lipinski definition) is 2. The van der Waals surface area contributed by atoms with Gasteiger partial charge in [0.1, 0.15) is 11.3 Å². The van der Waals surface area contributed by atoms with Gasteiger partial charge >= 0.3 is 5.97 Å². The summed E-state index contributed by atoms with van der Waals surface area (Å²) < 4.78 is 5.50. The van der Waals surface area contributed by atoms with E-state index in [4.69, 9.17) is 16.4 Å². The normalized spacial score (nSPS) is 18.4. The van der Waals surface area contributed by atoms with E-state index in [1.54, 1.807) is 25.1 Å². The lowest BCUT2D eigenvalue weighted by molar-refractivity contribution is -0.152. The standard InChI is InChI=1S/C15H23N3O3S/c1-9-13(20-2)11(6-7-18-9)12(8-22-3)15(16,10-4-5-10)14(19)21-17/h6-7,10,12H,4-5,8,16-17H2,1-3H3. The number of hydrogen-bond acceptors (Lipinski definition) is 7. The maximum absolute atomic E-state index is 12.4. The molecule has 122 valence electrons. The zero-order chi connectivity index (χ0) is 16.3. The summed E-state index contributed by atoms with van der Waals surface area (Å²) in [5.74, 6) is 5.76. The van der Waals surface area contributed by atoms with Gasteiger partial charge in [-0.2, -0.15) is 17.7 Å². The third kappa shape index (κ3) is 2.93. The van der Waals surface area contributed by atoms with E-state index in [9.17, 15) is 4.79 Å². The first-order valence-electron chi connectivity index (χ1n) is 7.19. The van der Waals surface area contributed by atoms with Crippen LogP contribution in [-0.2, 0) is 9.63 Å². The van der Waals surface area contributed by atoms with Crippen molar-refractivity contribution in [1.82, 2.24) is 4.98 Å². The molecule has 0 bridgehead atoms. The maximum Gasteiger partial charge on any atom is 0.345 e. The summed E-state index contributed by atoms with van der Waals surface area (Å²) in [4.78, 5) is 21.1. The third-order valence-electron chi connectivity index (χ3n) is 4.32. The molecule has 0 aromatic carbocycles. The second-order valence-electron chi connectivity index (χ2n) is 5.64. The Bertz CT molecular complexity index is 551. The van der Waals surface area contributed by atoms with Crippen molar-refractivity contribution in [2.75, 3.05) is 19.1 Å². The number of thioether (sulfide) groups is 1. The molecule has 2 rings (SSSR count). The number of aryl methyl sites for hydroxylation is 1. The van der Waals surface area contributed by atoms with Gasteiger partial charge < -0.3 is 15.3 Å². The van der Waals surface area contributed by atoms with Gasteiger partial charge in [-0.1, -0.05) is 0 Å². The highest BCUT2D eigenvalue weighted by atomic mass is 32.2. The monoisotopic (exact) mass is 325 g/mol. The maximum atomic E-state index is 12.4. The first-order valence-corrected chi connectivity index (χ1v) is 8.58. The fraction of sp³-hybridized carbons (Fsp3) is 0.600. The molecule has 1 aliphatic rings. The molecule has 22 heavy (non-hydrogen) atoms. The minimum Gasteiger partial charge on any atom is -0.495 e. The Balaban J connectivity index is 2.53. The third-order valence-corrected chi connectivity index (χ3v) is 4.98. The number of carbonyl (C=O) groups excluding carboxylic acids is 1. The average molecular weight is 325 g/mol. The summed E-state index contributed by atoms with van der Waals surface area (Å²) in [5, 5.41) is 0. The fourth-order valence-corrected chi connectivity index (χ4v) is 3.81. The van der Waals surface area contributed by atoms with E-state index in [0.717, 1.165) is 24.1 Å². The van der Waals surface area contributed by atoms with E-state index in [2.05, 4.69) is 9.82 Å². The number of aromatic nitrogens is 1. The Morgan fingerprint density at radius 3 is 2.77 bits per heavy atom. The van der Waals surface area contributed by atoms with Crippen LogP contribution in [0.5, 0.6) is 5.75 Å². The molecule has 4 N–H and O–H groups in total.